The molecule has 0 aromatic heterocycles. The maximum atomic E-state index is 12.4. The molecule has 0 N–H and O–H groups in total. The average Bonchev–Trinajstić information content (AvgIpc) is 3.02. The summed E-state index contributed by atoms with van der Waals surface area (Å²) in [6.45, 7) is 2.54. The molecule has 5 heteroatoms. The number of likely N-dealkylation sites (tertiary alicyclic amines) is 1. The lowest BCUT2D eigenvalue weighted by atomic mass is 10.2. The third-order valence-corrected chi connectivity index (χ3v) is 4.37. The molecule has 4 nitrogen and oxygen atoms in total. The molecule has 3 rings (SSSR count). The first-order valence-corrected chi connectivity index (χ1v) is 8.34. The largest absolute Gasteiger partial charge is 0.496 e. The van der Waals surface area contributed by atoms with Crippen LogP contribution in [0.2, 0.25) is 5.02 Å². The summed E-state index contributed by atoms with van der Waals surface area (Å²) in [7, 11) is 1.51. The van der Waals surface area contributed by atoms with Crippen molar-refractivity contribution in [3.63, 3.8) is 0 Å². The van der Waals surface area contributed by atoms with E-state index in [9.17, 15) is 4.79 Å². The Labute approximate surface area is 146 Å². The smallest absolute Gasteiger partial charge is 0.342 e. The average molecular weight is 346 g/mol. The zero-order chi connectivity index (χ0) is 16.9. The summed E-state index contributed by atoms with van der Waals surface area (Å²) >= 11 is 5.93. The highest BCUT2D eigenvalue weighted by Gasteiger charge is 2.27. The summed E-state index contributed by atoms with van der Waals surface area (Å²) in [6.07, 6.45) is 0.746. The number of carbonyl (C=O) groups is 1. The van der Waals surface area contributed by atoms with Crippen LogP contribution in [0, 0.1) is 0 Å². The van der Waals surface area contributed by atoms with Crippen LogP contribution in [-0.2, 0) is 11.3 Å². The molecule has 2 aromatic rings. The monoisotopic (exact) mass is 345 g/mol. The Morgan fingerprint density at radius 3 is 2.79 bits per heavy atom. The molecule has 0 spiro atoms. The highest BCUT2D eigenvalue weighted by molar-refractivity contribution is 6.30. The third kappa shape index (κ3) is 4.08. The topological polar surface area (TPSA) is 38.8 Å². The van der Waals surface area contributed by atoms with E-state index in [0.717, 1.165) is 26.1 Å². The second-order valence-electron chi connectivity index (χ2n) is 5.88. The minimum absolute atomic E-state index is 0.0957. The second kappa shape index (κ2) is 7.69. The van der Waals surface area contributed by atoms with Gasteiger partial charge in [-0.25, -0.2) is 4.79 Å². The number of halogens is 1. The minimum Gasteiger partial charge on any atom is -0.496 e. The molecule has 1 aliphatic rings. The SMILES string of the molecule is COc1cc(Cl)ccc1C(=O)O[C@@H]1CCN(Cc2ccccc2)C1. The van der Waals surface area contributed by atoms with Gasteiger partial charge < -0.3 is 9.47 Å². The highest BCUT2D eigenvalue weighted by atomic mass is 35.5. The molecule has 126 valence electrons. The zero-order valence-electron chi connectivity index (χ0n) is 13.6. The Bertz CT molecular complexity index is 705. The number of methoxy groups -OCH3 is 1. The van der Waals surface area contributed by atoms with Gasteiger partial charge in [0, 0.05) is 24.7 Å². The molecule has 2 aromatic carbocycles. The van der Waals surface area contributed by atoms with E-state index in [1.807, 2.05) is 18.2 Å². The molecule has 0 unspecified atom stereocenters. The number of ether oxygens (including phenoxy) is 2. The molecular formula is C19H20ClNO3. The molecule has 1 heterocycles. The maximum absolute atomic E-state index is 12.4. The Kier molecular flexibility index (Phi) is 5.38. The van der Waals surface area contributed by atoms with Gasteiger partial charge in [0.1, 0.15) is 17.4 Å². The summed E-state index contributed by atoms with van der Waals surface area (Å²) in [4.78, 5) is 14.7. The van der Waals surface area contributed by atoms with Crippen molar-refractivity contribution in [2.24, 2.45) is 0 Å². The van der Waals surface area contributed by atoms with Crippen LogP contribution in [-0.4, -0.2) is 37.2 Å². The van der Waals surface area contributed by atoms with E-state index in [1.54, 1.807) is 18.2 Å². The first kappa shape index (κ1) is 16.8. The number of nitrogens with zero attached hydrogens (tertiary/aromatic N) is 1. The van der Waals surface area contributed by atoms with Crippen LogP contribution in [0.4, 0.5) is 0 Å². The predicted octanol–water partition coefficient (Wildman–Crippen LogP) is 3.78. The molecule has 0 saturated carbocycles. The van der Waals surface area contributed by atoms with Crippen LogP contribution in [0.1, 0.15) is 22.3 Å². The van der Waals surface area contributed by atoms with Crippen LogP contribution in [0.5, 0.6) is 5.75 Å². The summed E-state index contributed by atoms with van der Waals surface area (Å²) in [6, 6.07) is 15.2. The fourth-order valence-corrected chi connectivity index (χ4v) is 3.09. The summed E-state index contributed by atoms with van der Waals surface area (Å²) in [5.74, 6) is 0.0710. The molecule has 1 atom stereocenters. The standard InChI is InChI=1S/C19H20ClNO3/c1-23-18-11-15(20)7-8-17(18)19(22)24-16-9-10-21(13-16)12-14-5-3-2-4-6-14/h2-8,11,16H,9-10,12-13H2,1H3/t16-/m1/s1. The second-order valence-corrected chi connectivity index (χ2v) is 6.32. The number of carbonyl (C=O) groups excluding carboxylic acids is 1. The summed E-state index contributed by atoms with van der Waals surface area (Å²) < 4.78 is 10.9. The lowest BCUT2D eigenvalue weighted by Crippen LogP contribution is -2.25. The highest BCUT2D eigenvalue weighted by Crippen LogP contribution is 2.25. The molecule has 0 aliphatic carbocycles. The number of hydrogen-bond donors (Lipinski definition) is 0. The molecule has 1 fully saturated rings. The van der Waals surface area contributed by atoms with E-state index < -0.39 is 0 Å². The van der Waals surface area contributed by atoms with Gasteiger partial charge in [-0.05, 0) is 30.2 Å². The van der Waals surface area contributed by atoms with Crippen molar-refractivity contribution in [3.8, 4) is 5.75 Å². The van der Waals surface area contributed by atoms with Gasteiger partial charge in [-0.3, -0.25) is 4.90 Å². The van der Waals surface area contributed by atoms with Gasteiger partial charge in [0.05, 0.1) is 7.11 Å². The Morgan fingerprint density at radius 1 is 1.25 bits per heavy atom. The van der Waals surface area contributed by atoms with Gasteiger partial charge >= 0.3 is 5.97 Å². The maximum Gasteiger partial charge on any atom is 0.342 e. The molecule has 0 amide bonds. The summed E-state index contributed by atoms with van der Waals surface area (Å²) in [5, 5.41) is 0.526. The van der Waals surface area contributed by atoms with Crippen molar-refractivity contribution < 1.29 is 14.3 Å². The van der Waals surface area contributed by atoms with Crippen molar-refractivity contribution >= 4 is 17.6 Å². The van der Waals surface area contributed by atoms with Gasteiger partial charge in [0.2, 0.25) is 0 Å². The fraction of sp³-hybridized carbons (Fsp3) is 0.316. The first-order chi connectivity index (χ1) is 11.7. The Balaban J connectivity index is 1.58. The summed E-state index contributed by atoms with van der Waals surface area (Å²) in [5.41, 5.74) is 1.67. The number of hydrogen-bond acceptors (Lipinski definition) is 4. The van der Waals surface area contributed by atoms with Crippen molar-refractivity contribution in [2.45, 2.75) is 19.1 Å². The number of benzene rings is 2. The molecular weight excluding hydrogens is 326 g/mol. The predicted molar refractivity (Wildman–Crippen MR) is 93.5 cm³/mol. The Morgan fingerprint density at radius 2 is 2.04 bits per heavy atom. The molecule has 0 radical (unpaired) electrons. The van der Waals surface area contributed by atoms with Crippen LogP contribution >= 0.6 is 11.6 Å². The molecule has 0 bridgehead atoms. The van der Waals surface area contributed by atoms with Crippen molar-refractivity contribution in [2.75, 3.05) is 20.2 Å². The fourth-order valence-electron chi connectivity index (χ4n) is 2.93. The van der Waals surface area contributed by atoms with Crippen LogP contribution in [0.15, 0.2) is 48.5 Å². The van der Waals surface area contributed by atoms with E-state index in [1.165, 1.54) is 12.7 Å². The minimum atomic E-state index is -0.366. The number of esters is 1. The van der Waals surface area contributed by atoms with E-state index in [2.05, 4.69) is 17.0 Å². The molecule has 1 saturated heterocycles. The van der Waals surface area contributed by atoms with Crippen LogP contribution in [0.25, 0.3) is 0 Å². The van der Waals surface area contributed by atoms with E-state index in [-0.39, 0.29) is 12.1 Å². The van der Waals surface area contributed by atoms with Crippen molar-refractivity contribution in [3.05, 3.63) is 64.7 Å². The number of rotatable bonds is 5. The lowest BCUT2D eigenvalue weighted by molar-refractivity contribution is 0.0317. The van der Waals surface area contributed by atoms with E-state index >= 15 is 0 Å². The zero-order valence-corrected chi connectivity index (χ0v) is 14.3. The van der Waals surface area contributed by atoms with Gasteiger partial charge in [-0.1, -0.05) is 41.9 Å². The van der Waals surface area contributed by atoms with E-state index in [0.29, 0.717) is 16.3 Å². The normalized spacial score (nSPS) is 17.7. The lowest BCUT2D eigenvalue weighted by Gasteiger charge is -2.17. The van der Waals surface area contributed by atoms with Gasteiger partial charge in [0.25, 0.3) is 0 Å². The Hall–Kier alpha value is -2.04. The van der Waals surface area contributed by atoms with Gasteiger partial charge in [-0.15, -0.1) is 0 Å². The van der Waals surface area contributed by atoms with Gasteiger partial charge in [-0.2, -0.15) is 0 Å². The van der Waals surface area contributed by atoms with Gasteiger partial charge in [0.15, 0.2) is 0 Å². The molecule has 1 aliphatic heterocycles. The van der Waals surface area contributed by atoms with Crippen LogP contribution in [0.3, 0.4) is 0 Å². The third-order valence-electron chi connectivity index (χ3n) is 4.14. The van der Waals surface area contributed by atoms with Crippen LogP contribution < -0.4 is 4.74 Å². The first-order valence-electron chi connectivity index (χ1n) is 7.96. The molecule has 24 heavy (non-hydrogen) atoms. The van der Waals surface area contributed by atoms with Crippen molar-refractivity contribution in [1.82, 2.24) is 4.90 Å². The van der Waals surface area contributed by atoms with E-state index in [4.69, 9.17) is 21.1 Å². The quantitative estimate of drug-likeness (QED) is 0.773. The van der Waals surface area contributed by atoms with Crippen molar-refractivity contribution in [1.29, 1.82) is 0 Å².